The number of pyridine rings is 1. The van der Waals surface area contributed by atoms with E-state index in [-0.39, 0.29) is 0 Å². The molecular formula is C22H22N4O2. The summed E-state index contributed by atoms with van der Waals surface area (Å²) in [4.78, 5) is 4.67. The summed E-state index contributed by atoms with van der Waals surface area (Å²) in [5, 5.41) is 13.3. The molecule has 0 bridgehead atoms. The minimum absolute atomic E-state index is 0.569. The lowest BCUT2D eigenvalue weighted by molar-refractivity contribution is 0.290. The summed E-state index contributed by atoms with van der Waals surface area (Å²) in [5.74, 6) is 2.93. The molecule has 6 heteroatoms. The lowest BCUT2D eigenvalue weighted by Gasteiger charge is -2.07. The summed E-state index contributed by atoms with van der Waals surface area (Å²) in [7, 11) is 1.84. The first-order valence-electron chi connectivity index (χ1n) is 9.35. The van der Waals surface area contributed by atoms with E-state index in [0.717, 1.165) is 29.0 Å². The Hall–Kier alpha value is -3.46. The Bertz CT molecular complexity index is 1180. The van der Waals surface area contributed by atoms with Crippen LogP contribution in [-0.4, -0.2) is 23.0 Å². The Kier molecular flexibility index (Phi) is 4.66. The van der Waals surface area contributed by atoms with E-state index >= 15 is 0 Å². The molecule has 0 spiro atoms. The van der Waals surface area contributed by atoms with Gasteiger partial charge in [0.2, 0.25) is 0 Å². The first kappa shape index (κ1) is 17.9. The molecule has 4 rings (SSSR count). The van der Waals surface area contributed by atoms with Crippen LogP contribution in [0.25, 0.3) is 28.1 Å². The first-order chi connectivity index (χ1) is 13.6. The smallest absolute Gasteiger partial charge is 0.157 e. The quantitative estimate of drug-likeness (QED) is 0.509. The maximum atomic E-state index is 9.13. The molecule has 0 aliphatic rings. The van der Waals surface area contributed by atoms with Gasteiger partial charge in [-0.25, -0.2) is 4.98 Å². The van der Waals surface area contributed by atoms with Gasteiger partial charge in [0.1, 0.15) is 28.5 Å². The van der Waals surface area contributed by atoms with Gasteiger partial charge in [-0.05, 0) is 48.7 Å². The van der Waals surface area contributed by atoms with Crippen molar-refractivity contribution >= 4 is 22.4 Å². The molecular weight excluding hydrogens is 352 g/mol. The van der Waals surface area contributed by atoms with E-state index in [9.17, 15) is 0 Å². The number of fused-ring (bicyclic) bond motifs is 2. The monoisotopic (exact) mass is 374 g/mol. The van der Waals surface area contributed by atoms with Gasteiger partial charge in [-0.3, -0.25) is 4.40 Å². The van der Waals surface area contributed by atoms with Crippen molar-refractivity contribution < 1.29 is 9.15 Å². The van der Waals surface area contributed by atoms with Crippen molar-refractivity contribution in [2.45, 2.75) is 20.3 Å². The Morgan fingerprint density at radius 1 is 1.25 bits per heavy atom. The molecule has 0 amide bonds. The Balaban J connectivity index is 1.71. The van der Waals surface area contributed by atoms with E-state index in [2.05, 4.69) is 30.2 Å². The minimum Gasteiger partial charge on any atom is -0.494 e. The molecule has 1 N–H and O–H groups in total. The fourth-order valence-electron chi connectivity index (χ4n) is 3.17. The van der Waals surface area contributed by atoms with Crippen molar-refractivity contribution in [3.8, 4) is 23.3 Å². The highest BCUT2D eigenvalue weighted by molar-refractivity contribution is 5.86. The second-order valence-electron chi connectivity index (χ2n) is 7.16. The number of anilines is 1. The number of nitrogens with one attached hydrogen (secondary N) is 1. The number of ether oxygens (including phenoxy) is 1. The molecule has 0 aliphatic carbocycles. The van der Waals surface area contributed by atoms with Crippen LogP contribution in [0.3, 0.4) is 0 Å². The average molecular weight is 374 g/mol. The number of hydrogen-bond donors (Lipinski definition) is 1. The molecule has 0 atom stereocenters. The lowest BCUT2D eigenvalue weighted by Crippen LogP contribution is -2.00. The van der Waals surface area contributed by atoms with Gasteiger partial charge in [-0.2, -0.15) is 5.26 Å². The van der Waals surface area contributed by atoms with E-state index < -0.39 is 0 Å². The predicted molar refractivity (Wildman–Crippen MR) is 110 cm³/mol. The van der Waals surface area contributed by atoms with Gasteiger partial charge >= 0.3 is 0 Å². The zero-order chi connectivity index (χ0) is 19.7. The number of benzene rings is 1. The van der Waals surface area contributed by atoms with Crippen LogP contribution < -0.4 is 10.1 Å². The maximum Gasteiger partial charge on any atom is 0.157 e. The van der Waals surface area contributed by atoms with Crippen molar-refractivity contribution in [1.29, 1.82) is 5.26 Å². The summed E-state index contributed by atoms with van der Waals surface area (Å²) in [6, 6.07) is 13.5. The molecule has 1 aromatic carbocycles. The number of rotatable bonds is 6. The molecule has 6 nitrogen and oxygen atoms in total. The molecule has 142 valence electrons. The highest BCUT2D eigenvalue weighted by atomic mass is 16.5. The highest BCUT2D eigenvalue weighted by Gasteiger charge is 2.17. The third-order valence-electron chi connectivity index (χ3n) is 4.68. The van der Waals surface area contributed by atoms with Crippen LogP contribution in [0.5, 0.6) is 5.75 Å². The second-order valence-corrected chi connectivity index (χ2v) is 7.16. The van der Waals surface area contributed by atoms with Gasteiger partial charge in [0.15, 0.2) is 5.76 Å². The van der Waals surface area contributed by atoms with Gasteiger partial charge in [-0.15, -0.1) is 0 Å². The zero-order valence-corrected chi connectivity index (χ0v) is 16.2. The Morgan fingerprint density at radius 3 is 2.86 bits per heavy atom. The minimum atomic E-state index is 0.569. The fraction of sp³-hybridized carbons (Fsp3) is 0.273. The van der Waals surface area contributed by atoms with Crippen LogP contribution in [0.1, 0.15) is 25.8 Å². The molecule has 4 aromatic rings. The van der Waals surface area contributed by atoms with Crippen LogP contribution in [0, 0.1) is 17.2 Å². The van der Waals surface area contributed by atoms with E-state index in [1.165, 1.54) is 0 Å². The summed E-state index contributed by atoms with van der Waals surface area (Å²) < 4.78 is 13.8. The number of nitrogens with zero attached hydrogens (tertiary/aromatic N) is 3. The van der Waals surface area contributed by atoms with E-state index in [0.29, 0.717) is 35.2 Å². The largest absolute Gasteiger partial charge is 0.494 e. The third kappa shape index (κ3) is 3.27. The molecule has 0 fully saturated rings. The van der Waals surface area contributed by atoms with Gasteiger partial charge in [0.05, 0.1) is 18.2 Å². The molecule has 3 aromatic heterocycles. The van der Waals surface area contributed by atoms with Crippen LogP contribution in [0.2, 0.25) is 0 Å². The fourth-order valence-corrected chi connectivity index (χ4v) is 3.17. The number of nitriles is 1. The molecule has 0 aliphatic heterocycles. The molecule has 3 heterocycles. The highest BCUT2D eigenvalue weighted by Crippen LogP contribution is 2.34. The van der Waals surface area contributed by atoms with Crippen LogP contribution in [-0.2, 0) is 0 Å². The first-order valence-corrected chi connectivity index (χ1v) is 9.35. The lowest BCUT2D eigenvalue weighted by atomic mass is 10.1. The predicted octanol–water partition coefficient (Wildman–Crippen LogP) is 5.09. The van der Waals surface area contributed by atoms with Crippen molar-refractivity contribution in [2.24, 2.45) is 5.92 Å². The van der Waals surface area contributed by atoms with E-state index in [4.69, 9.17) is 14.4 Å². The topological polar surface area (TPSA) is 75.5 Å². The standard InChI is InChI=1S/C22H22N4O2/c1-14(2)7-9-27-17-4-5-18-16(11-17)12-19(28-18)21-22(24-3)26-8-6-15(13-23)10-20(26)25-21/h4-6,8,10-12,14,24H,7,9H2,1-3H3. The number of furan rings is 1. The van der Waals surface area contributed by atoms with E-state index in [1.54, 1.807) is 12.1 Å². The molecule has 0 saturated carbocycles. The van der Waals surface area contributed by atoms with Crippen molar-refractivity contribution in [2.75, 3.05) is 19.0 Å². The van der Waals surface area contributed by atoms with Crippen LogP contribution >= 0.6 is 0 Å². The second kappa shape index (κ2) is 7.28. The van der Waals surface area contributed by atoms with Crippen LogP contribution in [0.15, 0.2) is 47.0 Å². The van der Waals surface area contributed by atoms with Gasteiger partial charge in [0, 0.05) is 18.6 Å². The third-order valence-corrected chi connectivity index (χ3v) is 4.68. The Morgan fingerprint density at radius 2 is 2.11 bits per heavy atom. The number of aromatic nitrogens is 2. The van der Waals surface area contributed by atoms with Crippen molar-refractivity contribution in [1.82, 2.24) is 9.38 Å². The molecule has 0 saturated heterocycles. The van der Waals surface area contributed by atoms with Gasteiger partial charge < -0.3 is 14.5 Å². The maximum absolute atomic E-state index is 9.13. The summed E-state index contributed by atoms with van der Waals surface area (Å²) in [5.41, 5.74) is 2.75. The summed E-state index contributed by atoms with van der Waals surface area (Å²) in [6.07, 6.45) is 2.85. The molecule has 0 radical (unpaired) electrons. The molecule has 28 heavy (non-hydrogen) atoms. The zero-order valence-electron chi connectivity index (χ0n) is 16.2. The Labute approximate surface area is 163 Å². The SMILES string of the molecule is CNc1c(-c2cc3cc(OCCC(C)C)ccc3o2)nc2cc(C#N)ccn12. The molecule has 0 unspecified atom stereocenters. The van der Waals surface area contributed by atoms with Crippen molar-refractivity contribution in [3.05, 3.63) is 48.2 Å². The summed E-state index contributed by atoms with van der Waals surface area (Å²) >= 11 is 0. The van der Waals surface area contributed by atoms with Crippen LogP contribution in [0.4, 0.5) is 5.82 Å². The van der Waals surface area contributed by atoms with Gasteiger partial charge in [-0.1, -0.05) is 13.8 Å². The normalized spacial score (nSPS) is 11.2. The number of imidazole rings is 1. The van der Waals surface area contributed by atoms with Gasteiger partial charge in [0.25, 0.3) is 0 Å². The van der Waals surface area contributed by atoms with E-state index in [1.807, 2.05) is 41.9 Å². The summed E-state index contributed by atoms with van der Waals surface area (Å²) in [6.45, 7) is 5.07. The van der Waals surface area contributed by atoms with Crippen molar-refractivity contribution in [3.63, 3.8) is 0 Å². The average Bonchev–Trinajstić information content (AvgIpc) is 3.27. The number of hydrogen-bond acceptors (Lipinski definition) is 5.